The van der Waals surface area contributed by atoms with Crippen LogP contribution in [0.5, 0.6) is 0 Å². The van der Waals surface area contributed by atoms with Crippen molar-refractivity contribution in [1.82, 2.24) is 0 Å². The highest BCUT2D eigenvalue weighted by atomic mass is 16.5. The van der Waals surface area contributed by atoms with Crippen LogP contribution in [0.1, 0.15) is 113 Å². The Kier molecular flexibility index (Phi) is 4.01. The minimum atomic E-state index is 0.0614. The van der Waals surface area contributed by atoms with E-state index in [2.05, 4.69) is 55.0 Å². The van der Waals surface area contributed by atoms with E-state index in [4.69, 9.17) is 4.74 Å². The molecule has 2 unspecified atom stereocenters. The summed E-state index contributed by atoms with van der Waals surface area (Å²) in [5.41, 5.74) is 3.55. The molecule has 4 aliphatic carbocycles. The van der Waals surface area contributed by atoms with Crippen molar-refractivity contribution in [2.45, 2.75) is 124 Å². The van der Waals surface area contributed by atoms with Gasteiger partial charge in [-0.25, -0.2) is 0 Å². The molecule has 174 valence electrons. The highest BCUT2D eigenvalue weighted by molar-refractivity contribution is 5.37. The first-order chi connectivity index (χ1) is 14.4. The number of rotatable bonds is 1. The van der Waals surface area contributed by atoms with Gasteiger partial charge in [0.2, 0.25) is 0 Å². The van der Waals surface area contributed by atoms with E-state index < -0.39 is 0 Å². The van der Waals surface area contributed by atoms with Gasteiger partial charge in [0.1, 0.15) is 0 Å². The number of ether oxygens (including phenoxy) is 1. The molecule has 0 N–H and O–H groups in total. The smallest absolute Gasteiger partial charge is 0.0838 e. The summed E-state index contributed by atoms with van der Waals surface area (Å²) in [6.07, 6.45) is 14.2. The van der Waals surface area contributed by atoms with Gasteiger partial charge in [-0.3, -0.25) is 0 Å². The van der Waals surface area contributed by atoms with Gasteiger partial charge in [-0.1, -0.05) is 55.0 Å². The van der Waals surface area contributed by atoms with E-state index in [0.717, 1.165) is 23.7 Å². The van der Waals surface area contributed by atoms with Crippen LogP contribution in [0.3, 0.4) is 0 Å². The maximum Gasteiger partial charge on any atom is 0.0838 e. The van der Waals surface area contributed by atoms with Crippen molar-refractivity contribution in [2.75, 3.05) is 0 Å². The van der Waals surface area contributed by atoms with Crippen LogP contribution < -0.4 is 0 Å². The largest absolute Gasteiger partial charge is 0.366 e. The number of hydrogen-bond acceptors (Lipinski definition) is 1. The lowest BCUT2D eigenvalue weighted by Crippen LogP contribution is -2.70. The molecule has 31 heavy (non-hydrogen) atoms. The Morgan fingerprint density at radius 2 is 1.39 bits per heavy atom. The van der Waals surface area contributed by atoms with Crippen LogP contribution >= 0.6 is 0 Å². The number of hydrogen-bond donors (Lipinski definition) is 0. The third-order valence-corrected chi connectivity index (χ3v) is 14.1. The first kappa shape index (κ1) is 21.2. The molecule has 0 aromatic rings. The summed E-state index contributed by atoms with van der Waals surface area (Å²) in [5.74, 6) is 3.48. The SMILES string of the molecule is C=C1[C@H]2CC[C@]3(O2)[C@]1(C)CCC1[C@@]3(C)CC[C@@]2(C)C3CC[C@H](C(C)C)[C@@]3(C)CC[C@]12C. The van der Waals surface area contributed by atoms with E-state index in [0.29, 0.717) is 27.8 Å². The Hall–Kier alpha value is -0.300. The fourth-order valence-electron chi connectivity index (χ4n) is 12.3. The van der Waals surface area contributed by atoms with Crippen molar-refractivity contribution in [3.63, 3.8) is 0 Å². The second-order valence-corrected chi connectivity index (χ2v) is 14.7. The maximum absolute atomic E-state index is 7.06. The zero-order valence-electron chi connectivity index (χ0n) is 21.6. The summed E-state index contributed by atoms with van der Waals surface area (Å²) in [5, 5.41) is 0. The van der Waals surface area contributed by atoms with Gasteiger partial charge in [-0.2, -0.15) is 0 Å². The standard InChI is InChI=1S/C30H48O/c1-19(2)21-9-10-23-25(21,4)15-16-28(7)24-12-13-26(5)20(3)22-11-14-30(26,31-22)29(24,8)18-17-27(23,28)6/h19,21-24H,3,9-18H2,1-2,4-8H3/t21-,22-,23?,24?,25-,26-,27+,28-,29-,30+/m1/s1. The van der Waals surface area contributed by atoms with Crippen LogP contribution in [-0.4, -0.2) is 11.7 Å². The van der Waals surface area contributed by atoms with Crippen LogP contribution in [0, 0.1) is 50.7 Å². The molecular formula is C30H48O. The summed E-state index contributed by atoms with van der Waals surface area (Å²) in [4.78, 5) is 0. The second-order valence-electron chi connectivity index (χ2n) is 14.7. The molecule has 2 bridgehead atoms. The van der Waals surface area contributed by atoms with Crippen LogP contribution in [0.25, 0.3) is 0 Å². The fraction of sp³-hybridized carbons (Fsp3) is 0.933. The Morgan fingerprint density at radius 3 is 2.10 bits per heavy atom. The topological polar surface area (TPSA) is 9.23 Å². The molecule has 0 radical (unpaired) electrons. The summed E-state index contributed by atoms with van der Waals surface area (Å²) < 4.78 is 7.06. The first-order valence-electron chi connectivity index (χ1n) is 13.8. The van der Waals surface area contributed by atoms with E-state index in [-0.39, 0.29) is 11.0 Å². The second kappa shape index (κ2) is 5.84. The predicted molar refractivity (Wildman–Crippen MR) is 129 cm³/mol. The lowest BCUT2D eigenvalue weighted by Gasteiger charge is -2.74. The minimum Gasteiger partial charge on any atom is -0.366 e. The Bertz CT molecular complexity index is 828. The van der Waals surface area contributed by atoms with Gasteiger partial charge in [0.25, 0.3) is 0 Å². The summed E-state index contributed by atoms with van der Waals surface area (Å²) in [7, 11) is 0. The molecule has 6 aliphatic rings. The molecule has 1 heteroatoms. The molecule has 6 fully saturated rings. The highest BCUT2D eigenvalue weighted by Crippen LogP contribution is 2.81. The predicted octanol–water partition coefficient (Wildman–Crippen LogP) is 8.19. The molecule has 10 atom stereocenters. The molecular weight excluding hydrogens is 376 g/mol. The Balaban J connectivity index is 1.43. The normalized spacial score (nSPS) is 62.4. The quantitative estimate of drug-likeness (QED) is 0.385. The van der Waals surface area contributed by atoms with E-state index >= 15 is 0 Å². The van der Waals surface area contributed by atoms with Crippen molar-refractivity contribution in [1.29, 1.82) is 0 Å². The lowest BCUT2D eigenvalue weighted by molar-refractivity contribution is -0.275. The van der Waals surface area contributed by atoms with Crippen molar-refractivity contribution in [3.8, 4) is 0 Å². The van der Waals surface area contributed by atoms with Crippen LogP contribution in [0.15, 0.2) is 12.2 Å². The average molecular weight is 425 g/mol. The molecule has 0 aromatic heterocycles. The zero-order valence-corrected chi connectivity index (χ0v) is 21.6. The molecule has 0 amide bonds. The van der Waals surface area contributed by atoms with Crippen molar-refractivity contribution in [3.05, 3.63) is 12.2 Å². The Morgan fingerprint density at radius 1 is 0.742 bits per heavy atom. The van der Waals surface area contributed by atoms with Crippen LogP contribution in [-0.2, 0) is 4.74 Å². The molecule has 0 aromatic carbocycles. The molecule has 6 rings (SSSR count). The van der Waals surface area contributed by atoms with Gasteiger partial charge in [-0.05, 0) is 110 Å². The van der Waals surface area contributed by atoms with Crippen LogP contribution in [0.4, 0.5) is 0 Å². The Labute approximate surface area is 192 Å². The van der Waals surface area contributed by atoms with Gasteiger partial charge in [-0.15, -0.1) is 0 Å². The molecule has 4 saturated carbocycles. The van der Waals surface area contributed by atoms with E-state index in [1.165, 1.54) is 69.8 Å². The van der Waals surface area contributed by atoms with Crippen molar-refractivity contribution >= 4 is 0 Å². The van der Waals surface area contributed by atoms with E-state index in [1.807, 2.05) is 0 Å². The van der Waals surface area contributed by atoms with Gasteiger partial charge >= 0.3 is 0 Å². The van der Waals surface area contributed by atoms with Gasteiger partial charge in [0, 0.05) is 10.8 Å². The summed E-state index contributed by atoms with van der Waals surface area (Å²) in [6, 6.07) is 0. The zero-order chi connectivity index (χ0) is 22.2. The molecule has 1 nitrogen and oxygen atoms in total. The average Bonchev–Trinajstić information content (AvgIpc) is 3.36. The van der Waals surface area contributed by atoms with Gasteiger partial charge in [0.05, 0.1) is 11.7 Å². The van der Waals surface area contributed by atoms with E-state index in [1.54, 1.807) is 0 Å². The minimum absolute atomic E-state index is 0.0614. The third kappa shape index (κ3) is 2.00. The first-order valence-corrected chi connectivity index (χ1v) is 13.8. The molecule has 2 heterocycles. The monoisotopic (exact) mass is 424 g/mol. The lowest BCUT2D eigenvalue weighted by atomic mass is 9.31. The van der Waals surface area contributed by atoms with Crippen molar-refractivity contribution in [2.24, 2.45) is 50.7 Å². The van der Waals surface area contributed by atoms with Gasteiger partial charge in [0.15, 0.2) is 0 Å². The maximum atomic E-state index is 7.06. The van der Waals surface area contributed by atoms with Gasteiger partial charge < -0.3 is 4.74 Å². The summed E-state index contributed by atoms with van der Waals surface area (Å²) >= 11 is 0. The number of fused-ring (bicyclic) bond motifs is 6. The molecule has 1 spiro atoms. The molecule has 2 saturated heterocycles. The van der Waals surface area contributed by atoms with Crippen molar-refractivity contribution < 1.29 is 4.74 Å². The van der Waals surface area contributed by atoms with E-state index in [9.17, 15) is 0 Å². The third-order valence-electron chi connectivity index (χ3n) is 14.1. The molecule has 2 aliphatic heterocycles. The highest BCUT2D eigenvalue weighted by Gasteiger charge is 2.78. The fourth-order valence-corrected chi connectivity index (χ4v) is 12.3. The summed E-state index contributed by atoms with van der Waals surface area (Å²) in [6.45, 7) is 23.0. The van der Waals surface area contributed by atoms with Crippen LogP contribution in [0.2, 0.25) is 0 Å².